The van der Waals surface area contributed by atoms with Gasteiger partial charge in [-0.25, -0.2) is 0 Å². The average molecular weight is 489 g/mol. The van der Waals surface area contributed by atoms with Crippen LogP contribution in [0.25, 0.3) is 0 Å². The van der Waals surface area contributed by atoms with Gasteiger partial charge in [0.1, 0.15) is 5.75 Å². The molecule has 162 valence electrons. The number of carbonyl (C=O) groups excluding carboxylic acids is 1. The van der Waals surface area contributed by atoms with E-state index in [1.165, 1.54) is 12.1 Å². The lowest BCUT2D eigenvalue weighted by molar-refractivity contribution is -0.0500. The number of alkyl halides is 3. The van der Waals surface area contributed by atoms with Crippen molar-refractivity contribution in [3.63, 3.8) is 0 Å². The van der Waals surface area contributed by atoms with Gasteiger partial charge < -0.3 is 4.18 Å². The quantitative estimate of drug-likeness (QED) is 0.234. The van der Waals surface area contributed by atoms with Gasteiger partial charge in [-0.2, -0.15) is 21.6 Å². The molecule has 0 aliphatic carbocycles. The molecule has 0 heterocycles. The molecule has 1 unspecified atom stereocenters. The van der Waals surface area contributed by atoms with E-state index in [1.807, 2.05) is 0 Å². The summed E-state index contributed by atoms with van der Waals surface area (Å²) >= 11 is 11.8. The van der Waals surface area contributed by atoms with Crippen LogP contribution in [0.15, 0.2) is 72.8 Å². The van der Waals surface area contributed by atoms with Crippen molar-refractivity contribution in [2.75, 3.05) is 0 Å². The molecule has 0 aromatic heterocycles. The lowest BCUT2D eigenvalue weighted by atomic mass is 9.85. The number of benzene rings is 3. The zero-order valence-corrected chi connectivity index (χ0v) is 17.8. The molecule has 10 heteroatoms. The third-order valence-corrected chi connectivity index (χ3v) is 5.78. The first-order valence-electron chi connectivity index (χ1n) is 8.64. The molecule has 3 rings (SSSR count). The van der Waals surface area contributed by atoms with Crippen LogP contribution in [0, 0.1) is 0 Å². The molecule has 0 aliphatic rings. The van der Waals surface area contributed by atoms with E-state index in [0.29, 0.717) is 26.7 Å². The summed E-state index contributed by atoms with van der Waals surface area (Å²) in [5.74, 6) is -1.66. The Morgan fingerprint density at radius 2 is 1.19 bits per heavy atom. The van der Waals surface area contributed by atoms with Crippen molar-refractivity contribution >= 4 is 39.1 Å². The summed E-state index contributed by atoms with van der Waals surface area (Å²) in [5, 5.41) is 0.912. The molecular weight excluding hydrogens is 476 g/mol. The van der Waals surface area contributed by atoms with Crippen molar-refractivity contribution < 1.29 is 30.6 Å². The van der Waals surface area contributed by atoms with Crippen LogP contribution in [-0.2, 0) is 10.1 Å². The number of carbonyl (C=O) groups is 1. The van der Waals surface area contributed by atoms with Gasteiger partial charge in [-0.15, -0.1) is 0 Å². The van der Waals surface area contributed by atoms with Gasteiger partial charge >= 0.3 is 15.6 Å². The van der Waals surface area contributed by atoms with Crippen LogP contribution in [0.5, 0.6) is 5.75 Å². The molecule has 0 fully saturated rings. The van der Waals surface area contributed by atoms with E-state index in [9.17, 15) is 26.4 Å². The van der Waals surface area contributed by atoms with Crippen molar-refractivity contribution in [3.05, 3.63) is 99.5 Å². The van der Waals surface area contributed by atoms with Crippen LogP contribution in [0.1, 0.15) is 27.4 Å². The molecule has 0 radical (unpaired) electrons. The highest BCUT2D eigenvalue weighted by atomic mass is 35.5. The van der Waals surface area contributed by atoms with Gasteiger partial charge in [0.2, 0.25) is 0 Å². The normalized spacial score (nSPS) is 12.9. The highest BCUT2D eigenvalue weighted by Crippen LogP contribution is 2.32. The zero-order chi connectivity index (χ0) is 22.8. The van der Waals surface area contributed by atoms with Crippen LogP contribution in [0.3, 0.4) is 0 Å². The Morgan fingerprint density at radius 1 is 0.774 bits per heavy atom. The van der Waals surface area contributed by atoms with Gasteiger partial charge in [-0.05, 0) is 59.7 Å². The second-order valence-electron chi connectivity index (χ2n) is 6.41. The maximum atomic E-state index is 13.2. The number of ketones is 1. The van der Waals surface area contributed by atoms with Crippen LogP contribution in [0.2, 0.25) is 10.0 Å². The molecular formula is C21H13Cl2F3O4S. The second-order valence-corrected chi connectivity index (χ2v) is 8.82. The Morgan fingerprint density at radius 3 is 1.65 bits per heavy atom. The smallest absolute Gasteiger partial charge is 0.376 e. The maximum absolute atomic E-state index is 13.2. The lowest BCUT2D eigenvalue weighted by Gasteiger charge is -2.18. The first kappa shape index (κ1) is 23.1. The summed E-state index contributed by atoms with van der Waals surface area (Å²) in [6, 6.07) is 17.5. The van der Waals surface area contributed by atoms with Gasteiger partial charge in [0.05, 0.1) is 5.92 Å². The van der Waals surface area contributed by atoms with Gasteiger partial charge in [0.25, 0.3) is 0 Å². The molecule has 0 saturated carbocycles. The molecule has 0 amide bonds. The van der Waals surface area contributed by atoms with Crippen LogP contribution >= 0.6 is 23.2 Å². The first-order chi connectivity index (χ1) is 14.5. The van der Waals surface area contributed by atoms with Crippen molar-refractivity contribution in [1.29, 1.82) is 0 Å². The summed E-state index contributed by atoms with van der Waals surface area (Å²) in [6.45, 7) is 0. The fourth-order valence-electron chi connectivity index (χ4n) is 2.82. The Kier molecular flexibility index (Phi) is 6.64. The van der Waals surface area contributed by atoms with Gasteiger partial charge in [-0.3, -0.25) is 4.79 Å². The molecule has 0 saturated heterocycles. The zero-order valence-electron chi connectivity index (χ0n) is 15.4. The highest BCUT2D eigenvalue weighted by Gasteiger charge is 2.48. The van der Waals surface area contributed by atoms with Crippen molar-refractivity contribution in [1.82, 2.24) is 0 Å². The van der Waals surface area contributed by atoms with E-state index in [2.05, 4.69) is 4.18 Å². The molecule has 1 atom stereocenters. The van der Waals surface area contributed by atoms with Crippen molar-refractivity contribution in [2.45, 2.75) is 11.4 Å². The third kappa shape index (κ3) is 5.39. The molecule has 0 N–H and O–H groups in total. The van der Waals surface area contributed by atoms with Crippen molar-refractivity contribution in [2.24, 2.45) is 0 Å². The number of Topliss-reactive ketones (excluding diaryl/α,β-unsaturated/α-hetero) is 1. The van der Waals surface area contributed by atoms with E-state index in [1.54, 1.807) is 48.5 Å². The van der Waals surface area contributed by atoms with E-state index < -0.39 is 27.3 Å². The van der Waals surface area contributed by atoms with Gasteiger partial charge in [0, 0.05) is 15.6 Å². The van der Waals surface area contributed by atoms with E-state index >= 15 is 0 Å². The number of halogens is 5. The monoisotopic (exact) mass is 488 g/mol. The predicted octanol–water partition coefficient (Wildman–Crippen LogP) is 6.24. The largest absolute Gasteiger partial charge is 0.534 e. The first-order valence-corrected chi connectivity index (χ1v) is 10.8. The molecule has 3 aromatic carbocycles. The van der Waals surface area contributed by atoms with Crippen LogP contribution in [-0.4, -0.2) is 19.7 Å². The minimum Gasteiger partial charge on any atom is -0.376 e. The third-order valence-electron chi connectivity index (χ3n) is 4.30. The van der Waals surface area contributed by atoms with Crippen LogP contribution < -0.4 is 4.18 Å². The fourth-order valence-corrected chi connectivity index (χ4v) is 3.53. The van der Waals surface area contributed by atoms with Gasteiger partial charge in [-0.1, -0.05) is 47.5 Å². The molecule has 0 aliphatic heterocycles. The topological polar surface area (TPSA) is 60.4 Å². The Labute approximate surface area is 186 Å². The second kappa shape index (κ2) is 8.90. The van der Waals surface area contributed by atoms with E-state index in [4.69, 9.17) is 23.2 Å². The highest BCUT2D eigenvalue weighted by molar-refractivity contribution is 7.88. The molecule has 4 nitrogen and oxygen atoms in total. The standard InChI is InChI=1S/C21H13Cl2F3O4S/c22-16-7-1-13(2-8-16)19(20(27)15-3-9-17(23)10-4-15)14-5-11-18(12-6-14)30-31(28,29)21(24,25)26/h1-12,19H. The molecule has 0 spiro atoms. The lowest BCUT2D eigenvalue weighted by Crippen LogP contribution is -2.28. The van der Waals surface area contributed by atoms with E-state index in [0.717, 1.165) is 12.1 Å². The number of hydrogen-bond acceptors (Lipinski definition) is 4. The fraction of sp³-hybridized carbons (Fsp3) is 0.0952. The van der Waals surface area contributed by atoms with Gasteiger partial charge in [0.15, 0.2) is 5.78 Å². The van der Waals surface area contributed by atoms with Crippen molar-refractivity contribution in [3.8, 4) is 5.75 Å². The summed E-state index contributed by atoms with van der Waals surface area (Å²) in [5.41, 5.74) is -4.19. The summed E-state index contributed by atoms with van der Waals surface area (Å²) in [6.07, 6.45) is 0. The minimum absolute atomic E-state index is 0.296. The van der Waals surface area contributed by atoms with E-state index in [-0.39, 0.29) is 5.78 Å². The molecule has 0 bridgehead atoms. The predicted molar refractivity (Wildman–Crippen MR) is 111 cm³/mol. The molecule has 3 aromatic rings. The minimum atomic E-state index is -5.80. The average Bonchev–Trinajstić information content (AvgIpc) is 2.70. The van der Waals surface area contributed by atoms with Crippen LogP contribution in [0.4, 0.5) is 13.2 Å². The molecule has 31 heavy (non-hydrogen) atoms. The Bertz CT molecular complexity index is 1180. The summed E-state index contributed by atoms with van der Waals surface area (Å²) < 4.78 is 64.1. The SMILES string of the molecule is O=C(c1ccc(Cl)cc1)C(c1ccc(Cl)cc1)c1ccc(OS(=O)(=O)C(F)(F)F)cc1. The number of hydrogen-bond donors (Lipinski definition) is 0. The number of rotatable bonds is 6. The summed E-state index contributed by atoms with van der Waals surface area (Å²) in [7, 11) is -5.80. The maximum Gasteiger partial charge on any atom is 0.534 e. The Balaban J connectivity index is 1.99. The summed E-state index contributed by atoms with van der Waals surface area (Å²) in [4.78, 5) is 13.2. The Hall–Kier alpha value is -2.55.